The van der Waals surface area contributed by atoms with Gasteiger partial charge < -0.3 is 20.9 Å². The van der Waals surface area contributed by atoms with E-state index in [0.29, 0.717) is 17.2 Å². The molecule has 0 aromatic heterocycles. The first kappa shape index (κ1) is 13.1. The zero-order valence-corrected chi connectivity index (χ0v) is 11.1. The van der Waals surface area contributed by atoms with Gasteiger partial charge in [-0.3, -0.25) is 0 Å². The number of rotatable bonds is 4. The van der Waals surface area contributed by atoms with Crippen molar-refractivity contribution in [2.45, 2.75) is 20.1 Å². The third-order valence-corrected chi connectivity index (χ3v) is 2.76. The van der Waals surface area contributed by atoms with Crippen LogP contribution < -0.4 is 20.9 Å². The molecule has 0 radical (unpaired) electrons. The van der Waals surface area contributed by atoms with Gasteiger partial charge in [-0.05, 0) is 42.8 Å². The Hall–Kier alpha value is -2.36. The van der Waals surface area contributed by atoms with Gasteiger partial charge in [-0.2, -0.15) is 0 Å². The van der Waals surface area contributed by atoms with Crippen LogP contribution in [0.1, 0.15) is 12.5 Å². The highest BCUT2D eigenvalue weighted by molar-refractivity contribution is 5.52. The Morgan fingerprint density at radius 1 is 0.947 bits per heavy atom. The zero-order valence-electron chi connectivity index (χ0n) is 11.1. The number of aryl methyl sites for hydroxylation is 1. The van der Waals surface area contributed by atoms with Crippen molar-refractivity contribution in [3.63, 3.8) is 0 Å². The average Bonchev–Trinajstić information content (AvgIpc) is 2.37. The molecule has 0 amide bonds. The molecule has 0 saturated heterocycles. The fourth-order valence-electron chi connectivity index (χ4n) is 1.70. The van der Waals surface area contributed by atoms with E-state index in [1.54, 1.807) is 6.07 Å². The summed E-state index contributed by atoms with van der Waals surface area (Å²) in [5, 5.41) is 0. The maximum atomic E-state index is 5.81. The van der Waals surface area contributed by atoms with Crippen molar-refractivity contribution >= 4 is 11.4 Å². The summed E-state index contributed by atoms with van der Waals surface area (Å²) in [4.78, 5) is 0. The number of benzene rings is 2. The Kier molecular flexibility index (Phi) is 3.80. The molecule has 0 saturated carbocycles. The van der Waals surface area contributed by atoms with Gasteiger partial charge in [0.15, 0.2) is 0 Å². The number of para-hydroxylation sites is 2. The minimum absolute atomic E-state index is 0.437. The Morgan fingerprint density at radius 2 is 1.68 bits per heavy atom. The van der Waals surface area contributed by atoms with Crippen molar-refractivity contribution < 1.29 is 9.47 Å². The van der Waals surface area contributed by atoms with Crippen molar-refractivity contribution in [3.05, 3.63) is 48.0 Å². The largest absolute Gasteiger partial charge is 0.455 e. The SMILES string of the molecule is Cc1cc(OC(C)Oc2ccccc2N)ccc1N. The van der Waals surface area contributed by atoms with Gasteiger partial charge in [0.05, 0.1) is 5.69 Å². The summed E-state index contributed by atoms with van der Waals surface area (Å²) in [7, 11) is 0. The highest BCUT2D eigenvalue weighted by Crippen LogP contribution is 2.23. The number of nitrogens with two attached hydrogens (primary N) is 2. The summed E-state index contributed by atoms with van der Waals surface area (Å²) >= 11 is 0. The van der Waals surface area contributed by atoms with E-state index < -0.39 is 6.29 Å². The van der Waals surface area contributed by atoms with Crippen LogP contribution in [0.25, 0.3) is 0 Å². The lowest BCUT2D eigenvalue weighted by molar-refractivity contribution is 0.0229. The molecule has 2 aromatic carbocycles. The van der Waals surface area contributed by atoms with Gasteiger partial charge in [0.2, 0.25) is 6.29 Å². The van der Waals surface area contributed by atoms with Crippen molar-refractivity contribution in [1.29, 1.82) is 0 Å². The lowest BCUT2D eigenvalue weighted by Crippen LogP contribution is -2.20. The fourth-order valence-corrected chi connectivity index (χ4v) is 1.70. The molecule has 19 heavy (non-hydrogen) atoms. The summed E-state index contributed by atoms with van der Waals surface area (Å²) in [6.45, 7) is 3.75. The first-order chi connectivity index (χ1) is 9.06. The second kappa shape index (κ2) is 5.52. The quantitative estimate of drug-likeness (QED) is 0.653. The van der Waals surface area contributed by atoms with Crippen LogP contribution in [-0.2, 0) is 0 Å². The summed E-state index contributed by atoms with van der Waals surface area (Å²) in [5.41, 5.74) is 13.9. The van der Waals surface area contributed by atoms with E-state index in [1.807, 2.05) is 50.2 Å². The van der Waals surface area contributed by atoms with E-state index in [0.717, 1.165) is 11.3 Å². The predicted molar refractivity (Wildman–Crippen MR) is 77.2 cm³/mol. The molecule has 4 N–H and O–H groups in total. The van der Waals surface area contributed by atoms with Gasteiger partial charge in [-0.1, -0.05) is 12.1 Å². The molecular formula is C15H18N2O2. The molecule has 2 rings (SSSR count). The van der Waals surface area contributed by atoms with Crippen LogP contribution in [0.5, 0.6) is 11.5 Å². The Bertz CT molecular complexity index is 570. The number of hydrogen-bond donors (Lipinski definition) is 2. The second-order valence-corrected chi connectivity index (χ2v) is 4.36. The zero-order chi connectivity index (χ0) is 13.8. The number of nitrogen functional groups attached to an aromatic ring is 2. The molecule has 1 unspecified atom stereocenters. The first-order valence-electron chi connectivity index (χ1n) is 6.10. The van der Waals surface area contributed by atoms with Crippen molar-refractivity contribution in [3.8, 4) is 11.5 Å². The van der Waals surface area contributed by atoms with Gasteiger partial charge in [-0.25, -0.2) is 0 Å². The molecule has 4 nitrogen and oxygen atoms in total. The molecule has 0 aliphatic rings. The van der Waals surface area contributed by atoms with E-state index in [1.165, 1.54) is 0 Å². The number of ether oxygens (including phenoxy) is 2. The molecular weight excluding hydrogens is 240 g/mol. The van der Waals surface area contributed by atoms with Gasteiger partial charge in [0, 0.05) is 12.6 Å². The summed E-state index contributed by atoms with van der Waals surface area (Å²) in [6.07, 6.45) is -0.437. The molecule has 0 heterocycles. The molecule has 100 valence electrons. The van der Waals surface area contributed by atoms with E-state index in [-0.39, 0.29) is 0 Å². The highest BCUT2D eigenvalue weighted by Gasteiger charge is 2.08. The van der Waals surface area contributed by atoms with Gasteiger partial charge in [0.1, 0.15) is 11.5 Å². The van der Waals surface area contributed by atoms with Crippen molar-refractivity contribution in [2.75, 3.05) is 11.5 Å². The second-order valence-electron chi connectivity index (χ2n) is 4.36. The van der Waals surface area contributed by atoms with Crippen LogP contribution in [0.3, 0.4) is 0 Å². The minimum atomic E-state index is -0.437. The monoisotopic (exact) mass is 258 g/mol. The summed E-state index contributed by atoms with van der Waals surface area (Å²) < 4.78 is 11.3. The predicted octanol–water partition coefficient (Wildman–Crippen LogP) is 2.96. The van der Waals surface area contributed by atoms with Crippen LogP contribution in [-0.4, -0.2) is 6.29 Å². The molecule has 0 fully saturated rings. The van der Waals surface area contributed by atoms with E-state index >= 15 is 0 Å². The van der Waals surface area contributed by atoms with Crippen molar-refractivity contribution in [1.82, 2.24) is 0 Å². The third-order valence-electron chi connectivity index (χ3n) is 2.76. The third kappa shape index (κ3) is 3.31. The normalized spacial score (nSPS) is 11.9. The summed E-state index contributed by atoms with van der Waals surface area (Å²) in [5.74, 6) is 1.33. The molecule has 0 spiro atoms. The van der Waals surface area contributed by atoms with Gasteiger partial charge in [-0.15, -0.1) is 0 Å². The van der Waals surface area contributed by atoms with Crippen LogP contribution >= 0.6 is 0 Å². The maximum Gasteiger partial charge on any atom is 0.238 e. The van der Waals surface area contributed by atoms with Crippen LogP contribution in [0.15, 0.2) is 42.5 Å². The molecule has 0 aliphatic heterocycles. The van der Waals surface area contributed by atoms with E-state index in [2.05, 4.69) is 0 Å². The molecule has 4 heteroatoms. The number of hydrogen-bond acceptors (Lipinski definition) is 4. The average molecular weight is 258 g/mol. The maximum absolute atomic E-state index is 5.81. The Labute approximate surface area is 112 Å². The van der Waals surface area contributed by atoms with Gasteiger partial charge >= 0.3 is 0 Å². The van der Waals surface area contributed by atoms with Crippen LogP contribution in [0, 0.1) is 6.92 Å². The summed E-state index contributed by atoms with van der Waals surface area (Å²) in [6, 6.07) is 12.8. The van der Waals surface area contributed by atoms with E-state index in [4.69, 9.17) is 20.9 Å². The first-order valence-corrected chi connectivity index (χ1v) is 6.10. The molecule has 1 atom stereocenters. The topological polar surface area (TPSA) is 70.5 Å². The Balaban J connectivity index is 2.03. The molecule has 2 aromatic rings. The van der Waals surface area contributed by atoms with Crippen molar-refractivity contribution in [2.24, 2.45) is 0 Å². The minimum Gasteiger partial charge on any atom is -0.455 e. The van der Waals surface area contributed by atoms with E-state index in [9.17, 15) is 0 Å². The van der Waals surface area contributed by atoms with Crippen LogP contribution in [0.4, 0.5) is 11.4 Å². The Morgan fingerprint density at radius 3 is 2.37 bits per heavy atom. The van der Waals surface area contributed by atoms with Crippen LogP contribution in [0.2, 0.25) is 0 Å². The molecule has 0 bridgehead atoms. The highest BCUT2D eigenvalue weighted by atomic mass is 16.7. The number of anilines is 2. The molecule has 0 aliphatic carbocycles. The fraction of sp³-hybridized carbons (Fsp3) is 0.200. The standard InChI is InChI=1S/C15H18N2O2/c1-10-9-12(7-8-13(10)16)18-11(2)19-15-6-4-3-5-14(15)17/h3-9,11H,16-17H2,1-2H3. The lowest BCUT2D eigenvalue weighted by atomic mass is 10.2. The van der Waals surface area contributed by atoms with Gasteiger partial charge in [0.25, 0.3) is 0 Å². The smallest absolute Gasteiger partial charge is 0.238 e. The lowest BCUT2D eigenvalue weighted by Gasteiger charge is -2.18.